The predicted octanol–water partition coefficient (Wildman–Crippen LogP) is 4.81. The molecule has 2 rings (SSSR count). The van der Waals surface area contributed by atoms with Crippen LogP contribution in [-0.4, -0.2) is 0 Å². The lowest BCUT2D eigenvalue weighted by molar-refractivity contribution is 0.0896. The standard InChI is InChI=1S/C15H26/c1-11(2)14-8-7-13(4)15(10-14)9-5-6-12(15)3/h11,13-14H,3,5-10H2,1-2,4H3/t13-,14-,15-/m1/s1. The highest BCUT2D eigenvalue weighted by molar-refractivity contribution is 5.18. The van der Waals surface area contributed by atoms with E-state index >= 15 is 0 Å². The molecule has 0 aromatic carbocycles. The van der Waals surface area contributed by atoms with Crippen molar-refractivity contribution in [2.75, 3.05) is 0 Å². The molecule has 2 fully saturated rings. The van der Waals surface area contributed by atoms with Gasteiger partial charge in [0.2, 0.25) is 0 Å². The second-order valence-corrected chi connectivity index (χ2v) is 6.30. The summed E-state index contributed by atoms with van der Waals surface area (Å²) in [6.07, 6.45) is 8.44. The molecule has 15 heavy (non-hydrogen) atoms. The lowest BCUT2D eigenvalue weighted by Gasteiger charge is -2.45. The van der Waals surface area contributed by atoms with Gasteiger partial charge in [-0.3, -0.25) is 0 Å². The molecule has 3 atom stereocenters. The number of rotatable bonds is 1. The fourth-order valence-corrected chi connectivity index (χ4v) is 3.96. The van der Waals surface area contributed by atoms with Crippen molar-refractivity contribution in [3.63, 3.8) is 0 Å². The first-order chi connectivity index (χ1) is 7.06. The predicted molar refractivity (Wildman–Crippen MR) is 66.8 cm³/mol. The Hall–Kier alpha value is -0.260. The van der Waals surface area contributed by atoms with Crippen LogP contribution in [0.25, 0.3) is 0 Å². The van der Waals surface area contributed by atoms with Crippen molar-refractivity contribution in [1.82, 2.24) is 0 Å². The van der Waals surface area contributed by atoms with E-state index in [-0.39, 0.29) is 0 Å². The van der Waals surface area contributed by atoms with E-state index in [1.165, 1.54) is 38.5 Å². The van der Waals surface area contributed by atoms with Gasteiger partial charge < -0.3 is 0 Å². The summed E-state index contributed by atoms with van der Waals surface area (Å²) in [4.78, 5) is 0. The molecule has 0 aromatic rings. The van der Waals surface area contributed by atoms with Crippen LogP contribution in [0.5, 0.6) is 0 Å². The van der Waals surface area contributed by atoms with Gasteiger partial charge >= 0.3 is 0 Å². The van der Waals surface area contributed by atoms with E-state index in [1.807, 2.05) is 0 Å². The molecule has 0 unspecified atom stereocenters. The van der Waals surface area contributed by atoms with Crippen molar-refractivity contribution in [3.05, 3.63) is 12.2 Å². The topological polar surface area (TPSA) is 0 Å². The lowest BCUT2D eigenvalue weighted by Crippen LogP contribution is -2.36. The van der Waals surface area contributed by atoms with Crippen LogP contribution in [0.1, 0.15) is 59.3 Å². The Morgan fingerprint density at radius 1 is 1.33 bits per heavy atom. The van der Waals surface area contributed by atoms with Crippen molar-refractivity contribution in [3.8, 4) is 0 Å². The van der Waals surface area contributed by atoms with Crippen molar-refractivity contribution in [1.29, 1.82) is 0 Å². The van der Waals surface area contributed by atoms with Crippen LogP contribution in [0.2, 0.25) is 0 Å². The molecule has 0 bridgehead atoms. The maximum absolute atomic E-state index is 4.38. The summed E-state index contributed by atoms with van der Waals surface area (Å²) in [5, 5.41) is 0. The highest BCUT2D eigenvalue weighted by atomic mass is 14.5. The first kappa shape index (κ1) is 11.2. The Kier molecular flexibility index (Phi) is 2.96. The minimum Gasteiger partial charge on any atom is -0.0993 e. The third-order valence-corrected chi connectivity index (χ3v) is 5.29. The molecule has 0 saturated heterocycles. The Labute approximate surface area is 95.1 Å². The van der Waals surface area contributed by atoms with Gasteiger partial charge in [-0.05, 0) is 61.7 Å². The molecule has 1 spiro atoms. The molecule has 0 aromatic heterocycles. The fraction of sp³-hybridized carbons (Fsp3) is 0.867. The SMILES string of the molecule is C=C1CCC[C@@]12C[C@H](C(C)C)CC[C@H]2C. The largest absolute Gasteiger partial charge is 0.0993 e. The van der Waals surface area contributed by atoms with Crippen LogP contribution >= 0.6 is 0 Å². The Bertz CT molecular complexity index is 251. The van der Waals surface area contributed by atoms with Gasteiger partial charge in [0.25, 0.3) is 0 Å². The van der Waals surface area contributed by atoms with Crippen LogP contribution in [0.15, 0.2) is 12.2 Å². The van der Waals surface area contributed by atoms with Crippen LogP contribution in [-0.2, 0) is 0 Å². The van der Waals surface area contributed by atoms with E-state index in [4.69, 9.17) is 0 Å². The molecule has 0 radical (unpaired) electrons. The third-order valence-electron chi connectivity index (χ3n) is 5.29. The lowest BCUT2D eigenvalue weighted by atomic mass is 9.59. The highest BCUT2D eigenvalue weighted by Gasteiger charge is 2.46. The molecule has 0 aliphatic heterocycles. The van der Waals surface area contributed by atoms with Crippen LogP contribution in [0.3, 0.4) is 0 Å². The minimum atomic E-state index is 0.549. The zero-order chi connectivity index (χ0) is 11.1. The number of hydrogen-bond acceptors (Lipinski definition) is 0. The summed E-state index contributed by atoms with van der Waals surface area (Å²) in [5.41, 5.74) is 2.13. The highest BCUT2D eigenvalue weighted by Crippen LogP contribution is 2.57. The third kappa shape index (κ3) is 1.77. The average molecular weight is 206 g/mol. The fourth-order valence-electron chi connectivity index (χ4n) is 3.96. The molecule has 86 valence electrons. The average Bonchev–Trinajstić information content (AvgIpc) is 2.54. The van der Waals surface area contributed by atoms with E-state index in [9.17, 15) is 0 Å². The van der Waals surface area contributed by atoms with Gasteiger partial charge in [0, 0.05) is 0 Å². The van der Waals surface area contributed by atoms with E-state index in [0.717, 1.165) is 17.8 Å². The molecule has 0 amide bonds. The molecule has 0 nitrogen and oxygen atoms in total. The van der Waals surface area contributed by atoms with Crippen LogP contribution in [0, 0.1) is 23.2 Å². The molecule has 0 heteroatoms. The Balaban J connectivity index is 2.18. The second kappa shape index (κ2) is 3.96. The van der Waals surface area contributed by atoms with Crippen molar-refractivity contribution in [2.24, 2.45) is 23.2 Å². The summed E-state index contributed by atoms with van der Waals surface area (Å²) in [7, 11) is 0. The molecule has 2 aliphatic carbocycles. The number of allylic oxidation sites excluding steroid dienone is 1. The van der Waals surface area contributed by atoms with E-state index in [0.29, 0.717) is 5.41 Å². The zero-order valence-electron chi connectivity index (χ0n) is 10.7. The number of hydrogen-bond donors (Lipinski definition) is 0. The first-order valence-electron chi connectivity index (χ1n) is 6.74. The summed E-state index contributed by atoms with van der Waals surface area (Å²) >= 11 is 0. The smallest absolute Gasteiger partial charge is 0.00623 e. The second-order valence-electron chi connectivity index (χ2n) is 6.30. The molecule has 0 N–H and O–H groups in total. The van der Waals surface area contributed by atoms with E-state index in [2.05, 4.69) is 27.4 Å². The summed E-state index contributed by atoms with van der Waals surface area (Å²) in [6.45, 7) is 11.6. The molecule has 2 aliphatic rings. The Morgan fingerprint density at radius 3 is 2.60 bits per heavy atom. The van der Waals surface area contributed by atoms with E-state index in [1.54, 1.807) is 5.57 Å². The summed E-state index contributed by atoms with van der Waals surface area (Å²) in [5.74, 6) is 2.71. The Morgan fingerprint density at radius 2 is 2.07 bits per heavy atom. The molecular formula is C15H26. The molecular weight excluding hydrogens is 180 g/mol. The van der Waals surface area contributed by atoms with Gasteiger partial charge in [-0.2, -0.15) is 0 Å². The normalized spacial score (nSPS) is 41.7. The van der Waals surface area contributed by atoms with Gasteiger partial charge in [-0.25, -0.2) is 0 Å². The zero-order valence-corrected chi connectivity index (χ0v) is 10.7. The molecule has 2 saturated carbocycles. The minimum absolute atomic E-state index is 0.549. The maximum atomic E-state index is 4.38. The van der Waals surface area contributed by atoms with Gasteiger partial charge in [0.05, 0.1) is 0 Å². The van der Waals surface area contributed by atoms with Crippen molar-refractivity contribution >= 4 is 0 Å². The van der Waals surface area contributed by atoms with Gasteiger partial charge in [-0.15, -0.1) is 0 Å². The van der Waals surface area contributed by atoms with Gasteiger partial charge in [0.1, 0.15) is 0 Å². The van der Waals surface area contributed by atoms with Gasteiger partial charge in [0.15, 0.2) is 0 Å². The quantitative estimate of drug-likeness (QED) is 0.540. The monoisotopic (exact) mass is 206 g/mol. The van der Waals surface area contributed by atoms with Crippen LogP contribution < -0.4 is 0 Å². The summed E-state index contributed by atoms with van der Waals surface area (Å²) < 4.78 is 0. The van der Waals surface area contributed by atoms with E-state index < -0.39 is 0 Å². The summed E-state index contributed by atoms with van der Waals surface area (Å²) in [6, 6.07) is 0. The first-order valence-corrected chi connectivity index (χ1v) is 6.74. The molecule has 0 heterocycles. The maximum Gasteiger partial charge on any atom is -0.00623 e. The van der Waals surface area contributed by atoms with Crippen molar-refractivity contribution < 1.29 is 0 Å². The van der Waals surface area contributed by atoms with Crippen molar-refractivity contribution in [2.45, 2.75) is 59.3 Å². The van der Waals surface area contributed by atoms with Gasteiger partial charge in [-0.1, -0.05) is 32.9 Å². The van der Waals surface area contributed by atoms with Crippen LogP contribution in [0.4, 0.5) is 0 Å².